The first-order chi connectivity index (χ1) is 9.88. The van der Waals surface area contributed by atoms with Crippen LogP contribution in [0.5, 0.6) is 0 Å². The molecule has 0 aliphatic rings. The monoisotopic (exact) mass is 310 g/mol. The maximum Gasteiger partial charge on any atom is 0.230 e. The van der Waals surface area contributed by atoms with Gasteiger partial charge in [-0.2, -0.15) is 0 Å². The molecule has 0 spiro atoms. The number of carbonyl (C=O) groups excluding carboxylic acids is 2. The van der Waals surface area contributed by atoms with Gasteiger partial charge in [0.1, 0.15) is 0 Å². The molecule has 1 rings (SSSR count). The van der Waals surface area contributed by atoms with E-state index in [1.807, 2.05) is 33.8 Å². The minimum absolute atomic E-state index is 0.0118. The highest BCUT2D eigenvalue weighted by Gasteiger charge is 2.07. The quantitative estimate of drug-likeness (QED) is 0.447. The molecule has 0 unspecified atom stereocenters. The van der Waals surface area contributed by atoms with E-state index in [1.165, 1.54) is 11.8 Å². The van der Waals surface area contributed by atoms with Crippen LogP contribution in [-0.2, 0) is 9.59 Å². The number of hydrogen-bond donors (Lipinski definition) is 2. The van der Waals surface area contributed by atoms with Crippen molar-refractivity contribution >= 4 is 23.6 Å². The second-order valence-electron chi connectivity index (χ2n) is 5.02. The summed E-state index contributed by atoms with van der Waals surface area (Å²) in [4.78, 5) is 31.5. The Morgan fingerprint density at radius 3 is 2.29 bits per heavy atom. The number of aromatic nitrogens is 2. The predicted molar refractivity (Wildman–Crippen MR) is 83.1 cm³/mol. The summed E-state index contributed by atoms with van der Waals surface area (Å²) < 4.78 is 0. The lowest BCUT2D eigenvalue weighted by Gasteiger charge is -2.08. The fraction of sp³-hybridized carbons (Fsp3) is 0.571. The van der Waals surface area contributed by atoms with E-state index < -0.39 is 0 Å². The van der Waals surface area contributed by atoms with Crippen LogP contribution >= 0.6 is 11.8 Å². The van der Waals surface area contributed by atoms with Crippen molar-refractivity contribution in [2.75, 3.05) is 18.8 Å². The van der Waals surface area contributed by atoms with E-state index >= 15 is 0 Å². The Hall–Kier alpha value is -1.63. The highest BCUT2D eigenvalue weighted by Crippen LogP contribution is 2.13. The van der Waals surface area contributed by atoms with Gasteiger partial charge in [-0.25, -0.2) is 9.97 Å². The summed E-state index contributed by atoms with van der Waals surface area (Å²) in [5.41, 5.74) is 1.78. The number of thioether (sulfide) groups is 1. The van der Waals surface area contributed by atoms with Gasteiger partial charge in [0.15, 0.2) is 5.16 Å². The first kappa shape index (κ1) is 17.4. The molecule has 2 amide bonds. The number of nitrogens with zero attached hydrogens (tertiary/aromatic N) is 2. The lowest BCUT2D eigenvalue weighted by Crippen LogP contribution is -2.37. The first-order valence-corrected chi connectivity index (χ1v) is 7.86. The predicted octanol–water partition coefficient (Wildman–Crippen LogP) is 1.07. The van der Waals surface area contributed by atoms with Crippen molar-refractivity contribution in [2.24, 2.45) is 5.92 Å². The Bertz CT molecular complexity index is 485. The molecule has 21 heavy (non-hydrogen) atoms. The highest BCUT2D eigenvalue weighted by atomic mass is 32.2. The van der Waals surface area contributed by atoms with Crippen LogP contribution in [0, 0.1) is 19.8 Å². The summed E-state index contributed by atoms with van der Waals surface area (Å²) in [5, 5.41) is 6.09. The lowest BCUT2D eigenvalue weighted by atomic mass is 10.2. The molecule has 0 aliphatic carbocycles. The van der Waals surface area contributed by atoms with E-state index in [9.17, 15) is 9.59 Å². The van der Waals surface area contributed by atoms with Crippen molar-refractivity contribution < 1.29 is 9.59 Å². The molecule has 0 bridgehead atoms. The molecule has 116 valence electrons. The van der Waals surface area contributed by atoms with Gasteiger partial charge in [-0.3, -0.25) is 9.59 Å². The average Bonchev–Trinajstić information content (AvgIpc) is 2.40. The van der Waals surface area contributed by atoms with Crippen molar-refractivity contribution in [2.45, 2.75) is 32.9 Å². The fourth-order valence-electron chi connectivity index (χ4n) is 1.53. The summed E-state index contributed by atoms with van der Waals surface area (Å²) in [6.07, 6.45) is 0. The molecular formula is C14H22N4O2S. The van der Waals surface area contributed by atoms with Gasteiger partial charge < -0.3 is 10.6 Å². The lowest BCUT2D eigenvalue weighted by molar-refractivity contribution is -0.124. The average molecular weight is 310 g/mol. The van der Waals surface area contributed by atoms with Crippen LogP contribution in [0.2, 0.25) is 0 Å². The second-order valence-corrected chi connectivity index (χ2v) is 5.96. The fourth-order valence-corrected chi connectivity index (χ4v) is 2.31. The molecule has 1 aromatic heterocycles. The van der Waals surface area contributed by atoms with Crippen LogP contribution in [0.1, 0.15) is 25.2 Å². The highest BCUT2D eigenvalue weighted by molar-refractivity contribution is 7.99. The Morgan fingerprint density at radius 2 is 1.71 bits per heavy atom. The number of rotatable bonds is 7. The van der Waals surface area contributed by atoms with E-state index in [4.69, 9.17) is 0 Å². The van der Waals surface area contributed by atoms with Gasteiger partial charge in [-0.15, -0.1) is 0 Å². The van der Waals surface area contributed by atoms with Crippen molar-refractivity contribution in [3.05, 3.63) is 17.5 Å². The standard InChI is InChI=1S/C14H22N4O2S/c1-9(2)13(20)16-6-5-15-12(19)8-21-14-17-10(3)7-11(4)18-14/h7,9H,5-6,8H2,1-4H3,(H,15,19)(H,16,20). The summed E-state index contributed by atoms with van der Waals surface area (Å²) in [6, 6.07) is 1.89. The van der Waals surface area contributed by atoms with E-state index in [-0.39, 0.29) is 23.5 Å². The summed E-state index contributed by atoms with van der Waals surface area (Å²) in [5.74, 6) is 0.114. The Morgan fingerprint density at radius 1 is 1.14 bits per heavy atom. The van der Waals surface area contributed by atoms with Gasteiger partial charge in [-0.1, -0.05) is 25.6 Å². The molecule has 0 saturated carbocycles. The SMILES string of the molecule is Cc1cc(C)nc(SCC(=O)NCCNC(=O)C(C)C)n1. The molecular weight excluding hydrogens is 288 g/mol. The third kappa shape index (κ3) is 7.08. The van der Waals surface area contributed by atoms with Gasteiger partial charge in [0.05, 0.1) is 5.75 Å². The van der Waals surface area contributed by atoms with Crippen molar-refractivity contribution in [3.8, 4) is 0 Å². The molecule has 0 radical (unpaired) electrons. The maximum atomic E-state index is 11.7. The zero-order chi connectivity index (χ0) is 15.8. The number of aryl methyl sites for hydroxylation is 2. The van der Waals surface area contributed by atoms with Gasteiger partial charge in [-0.05, 0) is 19.9 Å². The summed E-state index contributed by atoms with van der Waals surface area (Å²) >= 11 is 1.30. The third-order valence-electron chi connectivity index (χ3n) is 2.56. The van der Waals surface area contributed by atoms with E-state index in [1.54, 1.807) is 0 Å². The maximum absolute atomic E-state index is 11.7. The number of hydrogen-bond acceptors (Lipinski definition) is 5. The topological polar surface area (TPSA) is 84.0 Å². The molecule has 1 aromatic rings. The molecule has 7 heteroatoms. The number of nitrogens with one attached hydrogen (secondary N) is 2. The largest absolute Gasteiger partial charge is 0.354 e. The van der Waals surface area contributed by atoms with Crippen molar-refractivity contribution in [1.29, 1.82) is 0 Å². The van der Waals surface area contributed by atoms with Gasteiger partial charge in [0.25, 0.3) is 0 Å². The zero-order valence-electron chi connectivity index (χ0n) is 12.9. The van der Waals surface area contributed by atoms with Crippen molar-refractivity contribution in [1.82, 2.24) is 20.6 Å². The van der Waals surface area contributed by atoms with Gasteiger partial charge >= 0.3 is 0 Å². The molecule has 0 aliphatic heterocycles. The van der Waals surface area contributed by atoms with Crippen LogP contribution < -0.4 is 10.6 Å². The molecule has 6 nitrogen and oxygen atoms in total. The Kier molecular flexibility index (Phi) is 7.14. The second kappa shape index (κ2) is 8.61. The summed E-state index contributed by atoms with van der Waals surface area (Å²) in [6.45, 7) is 8.31. The number of amides is 2. The van der Waals surface area contributed by atoms with Crippen LogP contribution in [0.4, 0.5) is 0 Å². The van der Waals surface area contributed by atoms with Crippen LogP contribution in [-0.4, -0.2) is 40.6 Å². The third-order valence-corrected chi connectivity index (χ3v) is 3.41. The molecule has 1 heterocycles. The Balaban J connectivity index is 2.24. The van der Waals surface area contributed by atoms with Crippen LogP contribution in [0.15, 0.2) is 11.2 Å². The molecule has 0 fully saturated rings. The number of carbonyl (C=O) groups is 2. The van der Waals surface area contributed by atoms with Crippen molar-refractivity contribution in [3.63, 3.8) is 0 Å². The minimum atomic E-state index is -0.0958. The van der Waals surface area contributed by atoms with E-state index in [0.717, 1.165) is 11.4 Å². The van der Waals surface area contributed by atoms with E-state index in [2.05, 4.69) is 20.6 Å². The zero-order valence-corrected chi connectivity index (χ0v) is 13.7. The normalized spacial score (nSPS) is 10.5. The molecule has 2 N–H and O–H groups in total. The minimum Gasteiger partial charge on any atom is -0.354 e. The van der Waals surface area contributed by atoms with Gasteiger partial charge in [0.2, 0.25) is 11.8 Å². The molecule has 0 atom stereocenters. The molecule has 0 saturated heterocycles. The smallest absolute Gasteiger partial charge is 0.230 e. The summed E-state index contributed by atoms with van der Waals surface area (Å²) in [7, 11) is 0. The van der Waals surface area contributed by atoms with Crippen LogP contribution in [0.25, 0.3) is 0 Å². The Labute approximate surface area is 129 Å². The van der Waals surface area contributed by atoms with E-state index in [0.29, 0.717) is 18.2 Å². The van der Waals surface area contributed by atoms with Gasteiger partial charge in [0, 0.05) is 30.4 Å². The molecule has 0 aromatic carbocycles. The van der Waals surface area contributed by atoms with Crippen LogP contribution in [0.3, 0.4) is 0 Å². The first-order valence-electron chi connectivity index (χ1n) is 6.88.